The molecule has 3 heteroatoms. The van der Waals surface area contributed by atoms with Gasteiger partial charge in [-0.05, 0) is 30.4 Å². The Labute approximate surface area is 122 Å². The molecule has 3 nitrogen and oxygen atoms in total. The lowest BCUT2D eigenvalue weighted by atomic mass is 9.80. The number of benzene rings is 1. The van der Waals surface area contributed by atoms with E-state index in [1.54, 1.807) is 0 Å². The third-order valence-electron chi connectivity index (χ3n) is 4.65. The predicted molar refractivity (Wildman–Crippen MR) is 83.3 cm³/mol. The molecule has 2 aliphatic rings. The monoisotopic (exact) mass is 274 g/mol. The highest BCUT2D eigenvalue weighted by Crippen LogP contribution is 2.36. The molecule has 1 aromatic rings. The number of fused-ring (bicyclic) bond motifs is 1. The van der Waals surface area contributed by atoms with Crippen molar-refractivity contribution in [3.8, 4) is 5.75 Å². The maximum Gasteiger partial charge on any atom is 0.146 e. The van der Waals surface area contributed by atoms with E-state index < -0.39 is 0 Å². The van der Waals surface area contributed by atoms with Crippen LogP contribution in [0.25, 0.3) is 0 Å². The summed E-state index contributed by atoms with van der Waals surface area (Å²) in [5, 5.41) is 3.42. The summed E-state index contributed by atoms with van der Waals surface area (Å²) in [6.45, 7) is 12.2. The topological polar surface area (TPSA) is 24.5 Å². The van der Waals surface area contributed by atoms with Gasteiger partial charge < -0.3 is 10.1 Å². The van der Waals surface area contributed by atoms with Crippen molar-refractivity contribution in [2.75, 3.05) is 31.6 Å². The van der Waals surface area contributed by atoms with Crippen LogP contribution in [0, 0.1) is 11.3 Å². The standard InChI is InChI=1S/C17H26N2O/c1-17(2,3)14-7-9-19(12-14)11-13-5-4-6-15-16(13)20-10-8-18-15/h4-6,14,18H,7-12H2,1-3H3. The average molecular weight is 274 g/mol. The van der Waals surface area contributed by atoms with Gasteiger partial charge in [0.25, 0.3) is 0 Å². The first-order valence-corrected chi connectivity index (χ1v) is 7.75. The molecule has 0 radical (unpaired) electrons. The van der Waals surface area contributed by atoms with Gasteiger partial charge in [-0.1, -0.05) is 32.9 Å². The third-order valence-corrected chi connectivity index (χ3v) is 4.65. The zero-order valence-electron chi connectivity index (χ0n) is 12.9. The molecular weight excluding hydrogens is 248 g/mol. The Morgan fingerprint density at radius 1 is 1.35 bits per heavy atom. The van der Waals surface area contributed by atoms with Crippen molar-refractivity contribution in [3.63, 3.8) is 0 Å². The first kappa shape index (κ1) is 13.7. The third kappa shape index (κ3) is 2.78. The van der Waals surface area contributed by atoms with E-state index in [2.05, 4.69) is 49.2 Å². The lowest BCUT2D eigenvalue weighted by Crippen LogP contribution is -2.26. The summed E-state index contributed by atoms with van der Waals surface area (Å²) >= 11 is 0. The molecule has 110 valence electrons. The summed E-state index contributed by atoms with van der Waals surface area (Å²) in [6, 6.07) is 6.45. The molecule has 1 N–H and O–H groups in total. The Kier molecular flexibility index (Phi) is 3.63. The second-order valence-corrected chi connectivity index (χ2v) is 7.16. The smallest absolute Gasteiger partial charge is 0.146 e. The molecule has 0 aromatic heterocycles. The molecule has 0 saturated carbocycles. The minimum absolute atomic E-state index is 0.420. The molecule has 0 bridgehead atoms. The maximum atomic E-state index is 5.87. The Morgan fingerprint density at radius 2 is 2.20 bits per heavy atom. The fourth-order valence-corrected chi connectivity index (χ4v) is 3.28. The van der Waals surface area contributed by atoms with Gasteiger partial charge in [-0.3, -0.25) is 4.90 Å². The van der Waals surface area contributed by atoms with E-state index in [0.717, 1.165) is 37.1 Å². The van der Waals surface area contributed by atoms with Crippen LogP contribution in [0.1, 0.15) is 32.8 Å². The highest BCUT2D eigenvalue weighted by Gasteiger charge is 2.32. The van der Waals surface area contributed by atoms with Crippen molar-refractivity contribution in [1.29, 1.82) is 0 Å². The Morgan fingerprint density at radius 3 is 2.95 bits per heavy atom. The van der Waals surface area contributed by atoms with Gasteiger partial charge in [0.2, 0.25) is 0 Å². The molecule has 1 unspecified atom stereocenters. The van der Waals surface area contributed by atoms with Gasteiger partial charge in [-0.15, -0.1) is 0 Å². The van der Waals surface area contributed by atoms with E-state index in [9.17, 15) is 0 Å². The second-order valence-electron chi connectivity index (χ2n) is 7.16. The Bertz CT molecular complexity index is 478. The summed E-state index contributed by atoms with van der Waals surface area (Å²) in [4.78, 5) is 2.57. The minimum Gasteiger partial charge on any atom is -0.489 e. The van der Waals surface area contributed by atoms with Crippen LogP contribution in [0.5, 0.6) is 5.75 Å². The van der Waals surface area contributed by atoms with Gasteiger partial charge in [-0.2, -0.15) is 0 Å². The molecule has 3 rings (SSSR count). The summed E-state index contributed by atoms with van der Waals surface area (Å²) in [5.41, 5.74) is 2.90. The zero-order chi connectivity index (χ0) is 14.2. The van der Waals surface area contributed by atoms with Crippen molar-refractivity contribution in [1.82, 2.24) is 4.90 Å². The number of hydrogen-bond acceptors (Lipinski definition) is 3. The van der Waals surface area contributed by atoms with Crippen molar-refractivity contribution in [3.05, 3.63) is 23.8 Å². The molecule has 2 aliphatic heterocycles. The van der Waals surface area contributed by atoms with E-state index in [1.165, 1.54) is 25.1 Å². The molecule has 1 aromatic carbocycles. The number of anilines is 1. The molecule has 0 aliphatic carbocycles. The molecule has 1 fully saturated rings. The Balaban J connectivity index is 1.70. The van der Waals surface area contributed by atoms with Crippen LogP contribution >= 0.6 is 0 Å². The zero-order valence-corrected chi connectivity index (χ0v) is 12.9. The second kappa shape index (κ2) is 5.28. The number of nitrogens with one attached hydrogen (secondary N) is 1. The first-order valence-electron chi connectivity index (χ1n) is 7.75. The number of hydrogen-bond donors (Lipinski definition) is 1. The largest absolute Gasteiger partial charge is 0.489 e. The molecule has 2 heterocycles. The van der Waals surface area contributed by atoms with E-state index >= 15 is 0 Å². The van der Waals surface area contributed by atoms with Crippen molar-refractivity contribution < 1.29 is 4.74 Å². The highest BCUT2D eigenvalue weighted by atomic mass is 16.5. The normalized spacial score (nSPS) is 23.1. The van der Waals surface area contributed by atoms with Crippen LogP contribution in [0.4, 0.5) is 5.69 Å². The fourth-order valence-electron chi connectivity index (χ4n) is 3.28. The van der Waals surface area contributed by atoms with Gasteiger partial charge in [-0.25, -0.2) is 0 Å². The maximum absolute atomic E-state index is 5.87. The van der Waals surface area contributed by atoms with Crippen LogP contribution in [-0.4, -0.2) is 31.1 Å². The van der Waals surface area contributed by atoms with E-state index in [1.807, 2.05) is 0 Å². The molecule has 0 amide bonds. The van der Waals surface area contributed by atoms with Gasteiger partial charge >= 0.3 is 0 Å². The van der Waals surface area contributed by atoms with Crippen LogP contribution in [0.3, 0.4) is 0 Å². The lowest BCUT2D eigenvalue weighted by Gasteiger charge is -2.28. The molecule has 0 spiro atoms. The van der Waals surface area contributed by atoms with Gasteiger partial charge in [0.1, 0.15) is 12.4 Å². The molecule has 20 heavy (non-hydrogen) atoms. The van der Waals surface area contributed by atoms with Gasteiger partial charge in [0.05, 0.1) is 5.69 Å². The number of nitrogens with zero attached hydrogens (tertiary/aromatic N) is 1. The van der Waals surface area contributed by atoms with Crippen LogP contribution in [0.2, 0.25) is 0 Å². The molecular formula is C17H26N2O. The van der Waals surface area contributed by atoms with Crippen LogP contribution in [-0.2, 0) is 6.54 Å². The van der Waals surface area contributed by atoms with Crippen molar-refractivity contribution >= 4 is 5.69 Å². The van der Waals surface area contributed by atoms with E-state index in [0.29, 0.717) is 5.41 Å². The summed E-state index contributed by atoms with van der Waals surface area (Å²) in [5.74, 6) is 1.87. The van der Waals surface area contributed by atoms with E-state index in [4.69, 9.17) is 4.74 Å². The number of likely N-dealkylation sites (tertiary alicyclic amines) is 1. The average Bonchev–Trinajstić information content (AvgIpc) is 2.88. The summed E-state index contributed by atoms with van der Waals surface area (Å²) in [7, 11) is 0. The molecule has 1 saturated heterocycles. The first-order chi connectivity index (χ1) is 9.54. The van der Waals surface area contributed by atoms with Gasteiger partial charge in [0, 0.05) is 25.2 Å². The highest BCUT2D eigenvalue weighted by molar-refractivity contribution is 5.61. The van der Waals surface area contributed by atoms with Crippen molar-refractivity contribution in [2.24, 2.45) is 11.3 Å². The summed E-state index contributed by atoms with van der Waals surface area (Å²) < 4.78 is 5.87. The predicted octanol–water partition coefficient (Wildman–Crippen LogP) is 3.36. The minimum atomic E-state index is 0.420. The number of para-hydroxylation sites is 1. The van der Waals surface area contributed by atoms with Crippen molar-refractivity contribution in [2.45, 2.75) is 33.7 Å². The number of ether oxygens (including phenoxy) is 1. The Hall–Kier alpha value is -1.22. The summed E-state index contributed by atoms with van der Waals surface area (Å²) in [6.07, 6.45) is 1.32. The fraction of sp³-hybridized carbons (Fsp3) is 0.647. The number of rotatable bonds is 2. The molecule has 1 atom stereocenters. The SMILES string of the molecule is CC(C)(C)C1CCN(Cc2cccc3c2OCCN3)C1. The lowest BCUT2D eigenvalue weighted by molar-refractivity contribution is 0.224. The van der Waals surface area contributed by atoms with Crippen LogP contribution in [0.15, 0.2) is 18.2 Å². The van der Waals surface area contributed by atoms with Gasteiger partial charge in [0.15, 0.2) is 0 Å². The quantitative estimate of drug-likeness (QED) is 0.895. The van der Waals surface area contributed by atoms with Crippen LogP contribution < -0.4 is 10.1 Å². The van der Waals surface area contributed by atoms with E-state index in [-0.39, 0.29) is 0 Å².